The quantitative estimate of drug-likeness (QED) is 0.756. The lowest BCUT2D eigenvalue weighted by Crippen LogP contribution is -2.20. The van der Waals surface area contributed by atoms with Crippen molar-refractivity contribution in [3.8, 4) is 5.75 Å². The third-order valence-corrected chi connectivity index (χ3v) is 2.78. The largest absolute Gasteiger partial charge is 0.435 e. The minimum Gasteiger partial charge on any atom is -0.435 e. The van der Waals surface area contributed by atoms with E-state index < -0.39 is 6.61 Å². The van der Waals surface area contributed by atoms with Crippen molar-refractivity contribution in [2.75, 3.05) is 6.54 Å². The van der Waals surface area contributed by atoms with Crippen molar-refractivity contribution in [2.24, 2.45) is 0 Å². The Kier molecular flexibility index (Phi) is 6.65. The van der Waals surface area contributed by atoms with Crippen LogP contribution in [0.15, 0.2) is 24.3 Å². The molecule has 0 aliphatic carbocycles. The summed E-state index contributed by atoms with van der Waals surface area (Å²) in [6.45, 7) is 2.26. The topological polar surface area (TPSA) is 21.3 Å². The standard InChI is InChI=1S/C14H21F2NO/c1-3-5-9-13(17-4-2)11-7-6-8-12(10-11)18-14(15)16/h6-8,10,13-14,17H,3-5,9H2,1-2H3. The van der Waals surface area contributed by atoms with Gasteiger partial charge in [-0.3, -0.25) is 0 Å². The monoisotopic (exact) mass is 257 g/mol. The van der Waals surface area contributed by atoms with Gasteiger partial charge in [0.25, 0.3) is 0 Å². The number of hydrogen-bond acceptors (Lipinski definition) is 2. The van der Waals surface area contributed by atoms with E-state index in [4.69, 9.17) is 0 Å². The van der Waals surface area contributed by atoms with Gasteiger partial charge in [-0.2, -0.15) is 8.78 Å². The van der Waals surface area contributed by atoms with Crippen LogP contribution in [-0.2, 0) is 0 Å². The van der Waals surface area contributed by atoms with E-state index in [-0.39, 0.29) is 11.8 Å². The van der Waals surface area contributed by atoms with E-state index in [0.29, 0.717) is 0 Å². The lowest BCUT2D eigenvalue weighted by molar-refractivity contribution is -0.0499. The van der Waals surface area contributed by atoms with Crippen molar-refractivity contribution in [3.05, 3.63) is 29.8 Å². The normalized spacial score (nSPS) is 12.7. The van der Waals surface area contributed by atoms with Crippen molar-refractivity contribution in [2.45, 2.75) is 45.8 Å². The maximum Gasteiger partial charge on any atom is 0.387 e. The molecule has 0 aliphatic rings. The van der Waals surface area contributed by atoms with Crippen molar-refractivity contribution >= 4 is 0 Å². The molecule has 1 N–H and O–H groups in total. The van der Waals surface area contributed by atoms with E-state index in [9.17, 15) is 8.78 Å². The van der Waals surface area contributed by atoms with E-state index in [1.807, 2.05) is 13.0 Å². The molecule has 1 rings (SSSR count). The molecule has 0 fully saturated rings. The SMILES string of the molecule is CCCCC(NCC)c1cccc(OC(F)F)c1. The summed E-state index contributed by atoms with van der Waals surface area (Å²) in [5.74, 6) is 0.224. The second-order valence-corrected chi connectivity index (χ2v) is 4.20. The fourth-order valence-electron chi connectivity index (χ4n) is 1.95. The number of nitrogens with one attached hydrogen (secondary N) is 1. The summed E-state index contributed by atoms with van der Waals surface area (Å²) in [5.41, 5.74) is 1.00. The Morgan fingerprint density at radius 3 is 2.67 bits per heavy atom. The van der Waals surface area contributed by atoms with Gasteiger partial charge in [0.05, 0.1) is 0 Å². The van der Waals surface area contributed by atoms with Gasteiger partial charge in [-0.25, -0.2) is 0 Å². The first-order valence-corrected chi connectivity index (χ1v) is 6.45. The second-order valence-electron chi connectivity index (χ2n) is 4.20. The molecule has 0 spiro atoms. The molecule has 0 saturated carbocycles. The third-order valence-electron chi connectivity index (χ3n) is 2.78. The Labute approximate surface area is 107 Å². The smallest absolute Gasteiger partial charge is 0.387 e. The van der Waals surface area contributed by atoms with E-state index in [2.05, 4.69) is 17.0 Å². The number of halogens is 2. The maximum absolute atomic E-state index is 12.2. The van der Waals surface area contributed by atoms with Gasteiger partial charge in [0, 0.05) is 6.04 Å². The Morgan fingerprint density at radius 2 is 2.06 bits per heavy atom. The van der Waals surface area contributed by atoms with E-state index in [1.54, 1.807) is 18.2 Å². The zero-order valence-electron chi connectivity index (χ0n) is 11.0. The Hall–Kier alpha value is -1.16. The molecule has 0 saturated heterocycles. The number of benzene rings is 1. The summed E-state index contributed by atoms with van der Waals surface area (Å²) < 4.78 is 28.8. The summed E-state index contributed by atoms with van der Waals surface area (Å²) in [6, 6.07) is 7.15. The fraction of sp³-hybridized carbons (Fsp3) is 0.571. The molecule has 0 amide bonds. The molecule has 1 unspecified atom stereocenters. The zero-order valence-corrected chi connectivity index (χ0v) is 11.0. The van der Waals surface area contributed by atoms with Crippen LogP contribution >= 0.6 is 0 Å². The lowest BCUT2D eigenvalue weighted by Gasteiger charge is -2.18. The molecule has 1 atom stereocenters. The molecule has 4 heteroatoms. The average molecular weight is 257 g/mol. The number of alkyl halides is 2. The molecule has 0 aliphatic heterocycles. The highest BCUT2D eigenvalue weighted by Crippen LogP contribution is 2.24. The minimum atomic E-state index is -2.77. The van der Waals surface area contributed by atoms with E-state index in [1.165, 1.54) is 0 Å². The molecular weight excluding hydrogens is 236 g/mol. The molecule has 0 heterocycles. The van der Waals surface area contributed by atoms with Crippen LogP contribution in [0.25, 0.3) is 0 Å². The summed E-state index contributed by atoms with van der Waals surface area (Å²) in [5, 5.41) is 3.37. The molecule has 0 bridgehead atoms. The predicted molar refractivity (Wildman–Crippen MR) is 69.0 cm³/mol. The highest BCUT2D eigenvalue weighted by atomic mass is 19.3. The van der Waals surface area contributed by atoms with Crippen molar-refractivity contribution < 1.29 is 13.5 Å². The van der Waals surface area contributed by atoms with Crippen LogP contribution in [0.1, 0.15) is 44.7 Å². The first kappa shape index (κ1) is 14.9. The first-order chi connectivity index (χ1) is 8.67. The van der Waals surface area contributed by atoms with Crippen LogP contribution in [-0.4, -0.2) is 13.2 Å². The summed E-state index contributed by atoms with van der Waals surface area (Å²) in [6.07, 6.45) is 3.23. The van der Waals surface area contributed by atoms with Gasteiger partial charge >= 0.3 is 6.61 Å². The van der Waals surface area contributed by atoms with Gasteiger partial charge in [-0.1, -0.05) is 38.8 Å². The summed E-state index contributed by atoms with van der Waals surface area (Å²) in [7, 11) is 0. The number of hydrogen-bond donors (Lipinski definition) is 1. The highest BCUT2D eigenvalue weighted by Gasteiger charge is 2.11. The molecule has 18 heavy (non-hydrogen) atoms. The van der Waals surface area contributed by atoms with Gasteiger partial charge in [-0.05, 0) is 30.7 Å². The summed E-state index contributed by atoms with van der Waals surface area (Å²) in [4.78, 5) is 0. The Bertz CT molecular complexity index is 344. The Balaban J connectivity index is 2.76. The van der Waals surface area contributed by atoms with Gasteiger partial charge in [0.2, 0.25) is 0 Å². The second kappa shape index (κ2) is 8.03. The zero-order chi connectivity index (χ0) is 13.4. The summed E-state index contributed by atoms with van der Waals surface area (Å²) >= 11 is 0. The Morgan fingerprint density at radius 1 is 1.28 bits per heavy atom. The maximum atomic E-state index is 12.2. The van der Waals surface area contributed by atoms with E-state index >= 15 is 0 Å². The molecule has 1 aromatic rings. The average Bonchev–Trinajstić information content (AvgIpc) is 2.34. The van der Waals surface area contributed by atoms with Crippen LogP contribution in [0.3, 0.4) is 0 Å². The first-order valence-electron chi connectivity index (χ1n) is 6.45. The van der Waals surface area contributed by atoms with Crippen molar-refractivity contribution in [1.82, 2.24) is 5.32 Å². The molecule has 0 radical (unpaired) electrons. The van der Waals surface area contributed by atoms with Crippen LogP contribution in [0.4, 0.5) is 8.78 Å². The van der Waals surface area contributed by atoms with Gasteiger partial charge < -0.3 is 10.1 Å². The molecule has 102 valence electrons. The number of rotatable bonds is 8. The highest BCUT2D eigenvalue weighted by molar-refractivity contribution is 5.30. The van der Waals surface area contributed by atoms with Gasteiger partial charge in [-0.15, -0.1) is 0 Å². The van der Waals surface area contributed by atoms with Crippen LogP contribution in [0.5, 0.6) is 5.75 Å². The molecular formula is C14H21F2NO. The van der Waals surface area contributed by atoms with Crippen molar-refractivity contribution in [1.29, 1.82) is 0 Å². The predicted octanol–water partition coefficient (Wildman–Crippen LogP) is 4.13. The molecule has 0 aromatic heterocycles. The lowest BCUT2D eigenvalue weighted by atomic mass is 10.0. The molecule has 2 nitrogen and oxygen atoms in total. The van der Waals surface area contributed by atoms with Gasteiger partial charge in [0.1, 0.15) is 5.75 Å². The minimum absolute atomic E-state index is 0.205. The fourth-order valence-corrected chi connectivity index (χ4v) is 1.95. The van der Waals surface area contributed by atoms with Crippen molar-refractivity contribution in [3.63, 3.8) is 0 Å². The van der Waals surface area contributed by atoms with Crippen LogP contribution in [0.2, 0.25) is 0 Å². The third kappa shape index (κ3) is 5.00. The van der Waals surface area contributed by atoms with Gasteiger partial charge in [0.15, 0.2) is 0 Å². The number of unbranched alkanes of at least 4 members (excludes halogenated alkanes) is 1. The number of ether oxygens (including phenoxy) is 1. The van der Waals surface area contributed by atoms with Crippen LogP contribution < -0.4 is 10.1 Å². The van der Waals surface area contributed by atoms with E-state index in [0.717, 1.165) is 31.4 Å². The molecule has 1 aromatic carbocycles. The van der Waals surface area contributed by atoms with Crippen LogP contribution in [0, 0.1) is 0 Å².